The molecule has 154 valence electrons. The summed E-state index contributed by atoms with van der Waals surface area (Å²) in [6, 6.07) is 17.4. The Morgan fingerprint density at radius 2 is 1.77 bits per heavy atom. The van der Waals surface area contributed by atoms with Gasteiger partial charge >= 0.3 is 0 Å². The van der Waals surface area contributed by atoms with Gasteiger partial charge in [-0.1, -0.05) is 36.8 Å². The van der Waals surface area contributed by atoms with Gasteiger partial charge in [-0.05, 0) is 74.0 Å². The summed E-state index contributed by atoms with van der Waals surface area (Å²) in [5.41, 5.74) is 5.16. The van der Waals surface area contributed by atoms with E-state index < -0.39 is 0 Å². The summed E-state index contributed by atoms with van der Waals surface area (Å²) in [7, 11) is 0. The molecule has 5 nitrogen and oxygen atoms in total. The zero-order valence-electron chi connectivity index (χ0n) is 17.4. The van der Waals surface area contributed by atoms with E-state index in [4.69, 9.17) is 0 Å². The second-order valence-corrected chi connectivity index (χ2v) is 8.51. The molecule has 2 aromatic heterocycles. The van der Waals surface area contributed by atoms with Crippen molar-refractivity contribution in [2.75, 3.05) is 13.1 Å². The van der Waals surface area contributed by atoms with Crippen molar-refractivity contribution in [1.29, 1.82) is 0 Å². The molecule has 0 unspecified atom stereocenters. The predicted octanol–water partition coefficient (Wildman–Crippen LogP) is 4.98. The molecule has 1 aliphatic heterocycles. The normalized spacial score (nSPS) is 15.7. The first-order valence-electron chi connectivity index (χ1n) is 11.1. The van der Waals surface area contributed by atoms with Crippen LogP contribution in [0.15, 0.2) is 67.4 Å². The number of hydrogen-bond acceptors (Lipinski definition) is 3. The predicted molar refractivity (Wildman–Crippen MR) is 121 cm³/mol. The van der Waals surface area contributed by atoms with Gasteiger partial charge in [0.2, 0.25) is 0 Å². The summed E-state index contributed by atoms with van der Waals surface area (Å²) in [5, 5.41) is 9.16. The summed E-state index contributed by atoms with van der Waals surface area (Å²) in [5.74, 6) is 0.870. The smallest absolute Gasteiger partial charge is 0.123 e. The molecule has 0 radical (unpaired) electrons. The monoisotopic (exact) mass is 399 g/mol. The number of benzene rings is 2. The topological polar surface area (TPSA) is 49.7 Å². The quantitative estimate of drug-likeness (QED) is 0.477. The molecule has 0 amide bonds. The van der Waals surface area contributed by atoms with Crippen LogP contribution in [0.3, 0.4) is 0 Å². The molecule has 5 heteroatoms. The number of piperidine rings is 1. The van der Waals surface area contributed by atoms with Gasteiger partial charge < -0.3 is 4.98 Å². The largest absolute Gasteiger partial charge is 0.361 e. The number of H-pyrrole nitrogens is 1. The van der Waals surface area contributed by atoms with E-state index in [2.05, 4.69) is 74.8 Å². The molecule has 1 fully saturated rings. The van der Waals surface area contributed by atoms with Gasteiger partial charge in [-0.3, -0.25) is 9.47 Å². The number of aryl methyl sites for hydroxylation is 1. The molecule has 2 aromatic carbocycles. The van der Waals surface area contributed by atoms with Crippen LogP contribution in [0.2, 0.25) is 0 Å². The number of fused-ring (bicyclic) bond motifs is 1. The van der Waals surface area contributed by atoms with Gasteiger partial charge in [-0.25, -0.2) is 0 Å². The molecule has 0 atom stereocenters. The third-order valence-electron chi connectivity index (χ3n) is 6.48. The third-order valence-corrected chi connectivity index (χ3v) is 6.48. The molecule has 1 saturated heterocycles. The summed E-state index contributed by atoms with van der Waals surface area (Å²) >= 11 is 0. The van der Waals surface area contributed by atoms with E-state index in [1.807, 2.05) is 4.57 Å². The van der Waals surface area contributed by atoms with Crippen molar-refractivity contribution >= 4 is 10.9 Å². The van der Waals surface area contributed by atoms with Gasteiger partial charge in [-0.15, -0.1) is 10.2 Å². The Labute approximate surface area is 177 Å². The van der Waals surface area contributed by atoms with Crippen molar-refractivity contribution in [2.24, 2.45) is 5.92 Å². The van der Waals surface area contributed by atoms with Crippen LogP contribution in [-0.2, 0) is 13.0 Å². The first-order chi connectivity index (χ1) is 14.8. The van der Waals surface area contributed by atoms with Crippen LogP contribution >= 0.6 is 0 Å². The Morgan fingerprint density at radius 3 is 2.57 bits per heavy atom. The molecule has 4 aromatic rings. The lowest BCUT2D eigenvalue weighted by Crippen LogP contribution is -2.33. The highest BCUT2D eigenvalue weighted by molar-refractivity contribution is 5.85. The standard InChI is InChI=1S/C25H29N5/c1-2-5-21(6-3-1)17-29-13-11-20(12-14-29)7-4-8-22-16-26-25-10-9-23(15-24(22)25)30-18-27-28-19-30/h1-3,5-6,9-10,15-16,18-20,26H,4,7-8,11-14,17H2. The summed E-state index contributed by atoms with van der Waals surface area (Å²) < 4.78 is 1.96. The van der Waals surface area contributed by atoms with Gasteiger partial charge in [0.1, 0.15) is 12.7 Å². The van der Waals surface area contributed by atoms with Gasteiger partial charge in [0.15, 0.2) is 0 Å². The second kappa shape index (κ2) is 8.84. The maximum Gasteiger partial charge on any atom is 0.123 e. The van der Waals surface area contributed by atoms with Crippen LogP contribution in [0.25, 0.3) is 16.6 Å². The SMILES string of the molecule is c1ccc(CN2CCC(CCCc3c[nH]c4ccc(-n5cnnc5)cc34)CC2)cc1. The van der Waals surface area contributed by atoms with E-state index in [1.165, 1.54) is 60.8 Å². The highest BCUT2D eigenvalue weighted by atomic mass is 15.2. The van der Waals surface area contributed by atoms with Crippen molar-refractivity contribution in [3.05, 3.63) is 78.5 Å². The highest BCUT2D eigenvalue weighted by Crippen LogP contribution is 2.27. The minimum Gasteiger partial charge on any atom is -0.361 e. The van der Waals surface area contributed by atoms with Crippen molar-refractivity contribution in [3.63, 3.8) is 0 Å². The summed E-state index contributed by atoms with van der Waals surface area (Å²) in [4.78, 5) is 6.04. The zero-order valence-corrected chi connectivity index (χ0v) is 17.4. The van der Waals surface area contributed by atoms with E-state index in [0.717, 1.165) is 24.6 Å². The molecule has 5 rings (SSSR count). The van der Waals surface area contributed by atoms with Gasteiger partial charge in [0, 0.05) is 29.3 Å². The fourth-order valence-corrected chi connectivity index (χ4v) is 4.72. The molecule has 1 aliphatic rings. The minimum absolute atomic E-state index is 0.870. The number of nitrogens with one attached hydrogen (secondary N) is 1. The van der Waals surface area contributed by atoms with Crippen LogP contribution < -0.4 is 0 Å². The number of likely N-dealkylation sites (tertiary alicyclic amines) is 1. The van der Waals surface area contributed by atoms with Gasteiger partial charge in [0.25, 0.3) is 0 Å². The minimum atomic E-state index is 0.870. The number of hydrogen-bond donors (Lipinski definition) is 1. The summed E-state index contributed by atoms with van der Waals surface area (Å²) in [6.07, 6.45) is 12.1. The fraction of sp³-hybridized carbons (Fsp3) is 0.360. The van der Waals surface area contributed by atoms with E-state index >= 15 is 0 Å². The Morgan fingerprint density at radius 1 is 0.967 bits per heavy atom. The maximum atomic E-state index is 3.92. The molecule has 0 bridgehead atoms. The second-order valence-electron chi connectivity index (χ2n) is 8.51. The van der Waals surface area contributed by atoms with E-state index in [0.29, 0.717) is 0 Å². The molecule has 1 N–H and O–H groups in total. The highest BCUT2D eigenvalue weighted by Gasteiger charge is 2.19. The molecular weight excluding hydrogens is 370 g/mol. The molecule has 0 saturated carbocycles. The number of aromatic nitrogens is 4. The number of aromatic amines is 1. The lowest BCUT2D eigenvalue weighted by Gasteiger charge is -2.32. The Bertz CT molecular complexity index is 1060. The van der Waals surface area contributed by atoms with Crippen molar-refractivity contribution < 1.29 is 0 Å². The first kappa shape index (κ1) is 19.1. The average molecular weight is 400 g/mol. The van der Waals surface area contributed by atoms with E-state index in [-0.39, 0.29) is 0 Å². The Balaban J connectivity index is 1.13. The van der Waals surface area contributed by atoms with Gasteiger partial charge in [0.05, 0.1) is 0 Å². The van der Waals surface area contributed by atoms with Gasteiger partial charge in [-0.2, -0.15) is 0 Å². The van der Waals surface area contributed by atoms with E-state index in [1.54, 1.807) is 12.7 Å². The maximum absolute atomic E-state index is 3.92. The fourth-order valence-electron chi connectivity index (χ4n) is 4.72. The molecule has 30 heavy (non-hydrogen) atoms. The van der Waals surface area contributed by atoms with Crippen LogP contribution in [0.4, 0.5) is 0 Å². The summed E-state index contributed by atoms with van der Waals surface area (Å²) in [6.45, 7) is 3.56. The lowest BCUT2D eigenvalue weighted by molar-refractivity contribution is 0.171. The van der Waals surface area contributed by atoms with Crippen LogP contribution in [0.1, 0.15) is 36.8 Å². The number of nitrogens with zero attached hydrogens (tertiary/aromatic N) is 4. The zero-order chi connectivity index (χ0) is 20.2. The third kappa shape index (κ3) is 4.31. The molecule has 3 heterocycles. The van der Waals surface area contributed by atoms with Crippen molar-refractivity contribution in [1.82, 2.24) is 24.6 Å². The van der Waals surface area contributed by atoms with Crippen LogP contribution in [0.5, 0.6) is 0 Å². The first-order valence-corrected chi connectivity index (χ1v) is 11.1. The van der Waals surface area contributed by atoms with E-state index in [9.17, 15) is 0 Å². The Kier molecular flexibility index (Phi) is 5.62. The average Bonchev–Trinajstić information content (AvgIpc) is 3.46. The van der Waals surface area contributed by atoms with Crippen molar-refractivity contribution in [3.8, 4) is 5.69 Å². The molecule has 0 spiro atoms. The molecule has 0 aliphatic carbocycles. The Hall–Kier alpha value is -2.92. The lowest BCUT2D eigenvalue weighted by atomic mass is 9.90. The van der Waals surface area contributed by atoms with Crippen molar-refractivity contribution in [2.45, 2.75) is 38.6 Å². The number of rotatable bonds is 7. The van der Waals surface area contributed by atoms with Crippen LogP contribution in [0, 0.1) is 5.92 Å². The van der Waals surface area contributed by atoms with Crippen LogP contribution in [-0.4, -0.2) is 37.7 Å². The molecular formula is C25H29N5.